The molecule has 124 valence electrons. The molecule has 0 saturated carbocycles. The maximum atomic E-state index is 12.4. The average Bonchev–Trinajstić information content (AvgIpc) is 3.09. The van der Waals surface area contributed by atoms with Gasteiger partial charge in [0, 0.05) is 35.4 Å². The molecule has 1 atom stereocenters. The van der Waals surface area contributed by atoms with Gasteiger partial charge in [0.15, 0.2) is 0 Å². The molecule has 0 bridgehead atoms. The molecular weight excluding hydrogens is 318 g/mol. The van der Waals surface area contributed by atoms with E-state index in [2.05, 4.69) is 23.4 Å². The number of benzene rings is 2. The Hall–Kier alpha value is -2.40. The first kappa shape index (κ1) is 16.5. The lowest BCUT2D eigenvalue weighted by Crippen LogP contribution is -2.01. The third kappa shape index (κ3) is 4.32. The second-order valence-electron chi connectivity index (χ2n) is 5.56. The van der Waals surface area contributed by atoms with E-state index in [0.29, 0.717) is 5.75 Å². The molecule has 0 aliphatic rings. The summed E-state index contributed by atoms with van der Waals surface area (Å²) < 4.78 is 14.3. The summed E-state index contributed by atoms with van der Waals surface area (Å²) in [7, 11) is -1.02. The molecular formula is C19H21N3OS. The number of rotatable bonds is 7. The van der Waals surface area contributed by atoms with Crippen LogP contribution in [0.2, 0.25) is 0 Å². The summed E-state index contributed by atoms with van der Waals surface area (Å²) in [4.78, 5) is 0.864. The van der Waals surface area contributed by atoms with Crippen molar-refractivity contribution in [3.8, 4) is 0 Å². The standard InChI is InChI=1S/C19H21N3OS/c1-2-22-14-17(13-21-22)12-20-18-8-6-7-16(11-18)15-24(23)19-9-4-3-5-10-19/h3-11,13-14,20H,2,12,15H2,1H3/t24-/m0/s1. The highest BCUT2D eigenvalue weighted by molar-refractivity contribution is 7.84. The molecule has 0 saturated heterocycles. The summed E-state index contributed by atoms with van der Waals surface area (Å²) in [6.45, 7) is 3.67. The van der Waals surface area contributed by atoms with E-state index in [0.717, 1.165) is 34.8 Å². The smallest absolute Gasteiger partial charge is 0.0574 e. The Labute approximate surface area is 145 Å². The molecule has 2 aromatic carbocycles. The van der Waals surface area contributed by atoms with Crippen LogP contribution in [-0.4, -0.2) is 14.0 Å². The van der Waals surface area contributed by atoms with Crippen molar-refractivity contribution in [2.75, 3.05) is 5.32 Å². The van der Waals surface area contributed by atoms with Gasteiger partial charge in [0.05, 0.1) is 22.7 Å². The Morgan fingerprint density at radius 1 is 1.08 bits per heavy atom. The van der Waals surface area contributed by atoms with E-state index in [1.807, 2.05) is 65.6 Å². The van der Waals surface area contributed by atoms with Crippen LogP contribution in [0.4, 0.5) is 5.69 Å². The van der Waals surface area contributed by atoms with Gasteiger partial charge in [-0.3, -0.25) is 8.89 Å². The summed E-state index contributed by atoms with van der Waals surface area (Å²) in [6.07, 6.45) is 3.92. The fourth-order valence-electron chi connectivity index (χ4n) is 2.45. The van der Waals surface area contributed by atoms with Crippen molar-refractivity contribution in [2.45, 2.75) is 30.7 Å². The first-order chi connectivity index (χ1) is 11.7. The number of hydrogen-bond acceptors (Lipinski definition) is 3. The van der Waals surface area contributed by atoms with Crippen LogP contribution in [0.25, 0.3) is 0 Å². The van der Waals surface area contributed by atoms with Crippen molar-refractivity contribution in [1.29, 1.82) is 0 Å². The highest BCUT2D eigenvalue weighted by Gasteiger charge is 2.05. The van der Waals surface area contributed by atoms with Gasteiger partial charge in [-0.1, -0.05) is 30.3 Å². The Bertz CT molecular complexity index is 814. The summed E-state index contributed by atoms with van der Waals surface area (Å²) >= 11 is 0. The Morgan fingerprint density at radius 3 is 2.67 bits per heavy atom. The van der Waals surface area contributed by atoms with Gasteiger partial charge in [0.25, 0.3) is 0 Å². The third-order valence-corrected chi connectivity index (χ3v) is 5.13. The maximum Gasteiger partial charge on any atom is 0.0574 e. The number of hydrogen-bond donors (Lipinski definition) is 1. The van der Waals surface area contributed by atoms with Crippen LogP contribution in [0, 0.1) is 0 Å². The zero-order valence-corrected chi connectivity index (χ0v) is 14.5. The molecule has 1 aromatic heterocycles. The van der Waals surface area contributed by atoms with Crippen LogP contribution in [0.5, 0.6) is 0 Å². The summed E-state index contributed by atoms with van der Waals surface area (Å²) in [6, 6.07) is 17.7. The van der Waals surface area contributed by atoms with Crippen molar-refractivity contribution in [3.63, 3.8) is 0 Å². The highest BCUT2D eigenvalue weighted by Crippen LogP contribution is 2.16. The molecule has 1 N–H and O–H groups in total. The normalized spacial score (nSPS) is 12.0. The van der Waals surface area contributed by atoms with E-state index in [4.69, 9.17) is 0 Å². The fourth-order valence-corrected chi connectivity index (χ4v) is 3.56. The van der Waals surface area contributed by atoms with Crippen LogP contribution in [0.15, 0.2) is 71.9 Å². The largest absolute Gasteiger partial charge is 0.381 e. The van der Waals surface area contributed by atoms with Gasteiger partial charge in [-0.25, -0.2) is 0 Å². The minimum absolute atomic E-state index is 0.521. The van der Waals surface area contributed by atoms with Crippen LogP contribution in [0.1, 0.15) is 18.1 Å². The maximum absolute atomic E-state index is 12.4. The van der Waals surface area contributed by atoms with Crippen LogP contribution >= 0.6 is 0 Å². The minimum atomic E-state index is -1.02. The Kier molecular flexibility index (Phi) is 5.43. The first-order valence-corrected chi connectivity index (χ1v) is 9.34. The molecule has 0 aliphatic carbocycles. The van der Waals surface area contributed by atoms with E-state index >= 15 is 0 Å². The number of anilines is 1. The summed E-state index contributed by atoms with van der Waals surface area (Å²) in [5.74, 6) is 0.521. The average molecular weight is 339 g/mol. The van der Waals surface area contributed by atoms with Gasteiger partial charge in [0.2, 0.25) is 0 Å². The molecule has 4 nitrogen and oxygen atoms in total. The van der Waals surface area contributed by atoms with Crippen molar-refractivity contribution in [3.05, 3.63) is 78.1 Å². The predicted octanol–water partition coefficient (Wildman–Crippen LogP) is 3.82. The van der Waals surface area contributed by atoms with Gasteiger partial charge < -0.3 is 5.32 Å². The first-order valence-electron chi connectivity index (χ1n) is 8.02. The van der Waals surface area contributed by atoms with Gasteiger partial charge in [-0.2, -0.15) is 5.10 Å². The van der Waals surface area contributed by atoms with Gasteiger partial charge >= 0.3 is 0 Å². The molecule has 5 heteroatoms. The summed E-state index contributed by atoms with van der Waals surface area (Å²) in [5.41, 5.74) is 3.24. The molecule has 0 radical (unpaired) electrons. The lowest BCUT2D eigenvalue weighted by atomic mass is 10.2. The molecule has 0 amide bonds. The number of aryl methyl sites for hydroxylation is 1. The van der Waals surface area contributed by atoms with E-state index < -0.39 is 10.8 Å². The number of nitrogens with one attached hydrogen (secondary N) is 1. The van der Waals surface area contributed by atoms with E-state index in [9.17, 15) is 4.21 Å². The summed E-state index contributed by atoms with van der Waals surface area (Å²) in [5, 5.41) is 7.67. The van der Waals surface area contributed by atoms with E-state index in [1.54, 1.807) is 0 Å². The highest BCUT2D eigenvalue weighted by atomic mass is 32.2. The third-order valence-electron chi connectivity index (χ3n) is 3.74. The number of aromatic nitrogens is 2. The van der Waals surface area contributed by atoms with Gasteiger partial charge in [-0.15, -0.1) is 0 Å². The van der Waals surface area contributed by atoms with Crippen molar-refractivity contribution >= 4 is 16.5 Å². The van der Waals surface area contributed by atoms with E-state index in [1.165, 1.54) is 0 Å². The van der Waals surface area contributed by atoms with Crippen LogP contribution in [-0.2, 0) is 29.6 Å². The fraction of sp³-hybridized carbons (Fsp3) is 0.211. The van der Waals surface area contributed by atoms with Crippen molar-refractivity contribution in [1.82, 2.24) is 9.78 Å². The minimum Gasteiger partial charge on any atom is -0.381 e. The molecule has 0 fully saturated rings. The second kappa shape index (κ2) is 7.93. The quantitative estimate of drug-likeness (QED) is 0.712. The second-order valence-corrected chi connectivity index (χ2v) is 7.01. The number of nitrogens with zero attached hydrogens (tertiary/aromatic N) is 2. The molecule has 0 aliphatic heterocycles. The molecule has 24 heavy (non-hydrogen) atoms. The van der Waals surface area contributed by atoms with Crippen molar-refractivity contribution in [2.24, 2.45) is 0 Å². The topological polar surface area (TPSA) is 46.9 Å². The molecule has 0 unspecified atom stereocenters. The zero-order chi connectivity index (χ0) is 16.8. The Balaban J connectivity index is 1.62. The predicted molar refractivity (Wildman–Crippen MR) is 98.2 cm³/mol. The molecule has 3 aromatic rings. The SMILES string of the molecule is CCn1cc(CNc2cccc(C[S@](=O)c3ccccc3)c2)cn1. The van der Waals surface area contributed by atoms with Gasteiger partial charge in [0.1, 0.15) is 0 Å². The van der Waals surface area contributed by atoms with Gasteiger partial charge in [-0.05, 0) is 36.8 Å². The monoisotopic (exact) mass is 339 g/mol. The van der Waals surface area contributed by atoms with Crippen molar-refractivity contribution < 1.29 is 4.21 Å². The lowest BCUT2D eigenvalue weighted by molar-refractivity contribution is 0.659. The lowest BCUT2D eigenvalue weighted by Gasteiger charge is -2.08. The molecule has 1 heterocycles. The molecule has 0 spiro atoms. The zero-order valence-electron chi connectivity index (χ0n) is 13.7. The molecule has 3 rings (SSSR count). The van der Waals surface area contributed by atoms with Crippen LogP contribution < -0.4 is 5.32 Å². The Morgan fingerprint density at radius 2 is 1.92 bits per heavy atom. The van der Waals surface area contributed by atoms with E-state index in [-0.39, 0.29) is 0 Å². The van der Waals surface area contributed by atoms with Crippen LogP contribution in [0.3, 0.4) is 0 Å².